The maximum Gasteiger partial charge on any atom is 0.156 e. The van der Waals surface area contributed by atoms with Crippen LogP contribution < -0.4 is 5.32 Å². The molecule has 0 saturated heterocycles. The lowest BCUT2D eigenvalue weighted by Crippen LogP contribution is -2.43. The smallest absolute Gasteiger partial charge is 0.156 e. The molecule has 0 aliphatic heterocycles. The Labute approximate surface area is 125 Å². The minimum atomic E-state index is -0.830. The molecule has 0 aliphatic carbocycles. The standard InChI is InChI=1S/C16H24N4O/c1-9(2)13-8-18-15-14(20-13)12(7-17-15)10(3)19-11(4)16(5,6)21/h7-9,11,19,21H,3H2,1-2,4-6H3,(H,17,18)/t11-/m0/s1. The highest BCUT2D eigenvalue weighted by molar-refractivity contribution is 5.86. The molecule has 0 saturated carbocycles. The van der Waals surface area contributed by atoms with Crippen molar-refractivity contribution < 1.29 is 5.11 Å². The molecule has 2 rings (SSSR count). The van der Waals surface area contributed by atoms with Crippen molar-refractivity contribution in [2.45, 2.75) is 52.2 Å². The maximum atomic E-state index is 10.0. The van der Waals surface area contributed by atoms with Crippen LogP contribution in [0.25, 0.3) is 16.9 Å². The summed E-state index contributed by atoms with van der Waals surface area (Å²) in [4.78, 5) is 12.2. The predicted octanol–water partition coefficient (Wildman–Crippen LogP) is 2.80. The Balaban J connectivity index is 2.33. The molecule has 5 nitrogen and oxygen atoms in total. The van der Waals surface area contributed by atoms with E-state index >= 15 is 0 Å². The van der Waals surface area contributed by atoms with E-state index in [1.807, 2.05) is 13.1 Å². The number of hydrogen-bond acceptors (Lipinski definition) is 4. The molecular formula is C16H24N4O. The van der Waals surface area contributed by atoms with E-state index in [-0.39, 0.29) is 6.04 Å². The van der Waals surface area contributed by atoms with Crippen molar-refractivity contribution in [3.8, 4) is 0 Å². The second kappa shape index (κ2) is 5.48. The van der Waals surface area contributed by atoms with Crippen LogP contribution in [0.1, 0.15) is 51.8 Å². The van der Waals surface area contributed by atoms with Gasteiger partial charge in [0.25, 0.3) is 0 Å². The number of rotatable bonds is 5. The Bertz CT molecular complexity index is 652. The summed E-state index contributed by atoms with van der Waals surface area (Å²) in [6.07, 6.45) is 3.64. The van der Waals surface area contributed by atoms with Gasteiger partial charge in [-0.05, 0) is 26.7 Å². The fourth-order valence-electron chi connectivity index (χ4n) is 1.93. The van der Waals surface area contributed by atoms with Gasteiger partial charge >= 0.3 is 0 Å². The molecule has 0 aliphatic rings. The van der Waals surface area contributed by atoms with Crippen molar-refractivity contribution in [3.05, 3.63) is 30.2 Å². The van der Waals surface area contributed by atoms with Gasteiger partial charge in [0.05, 0.1) is 23.5 Å². The number of nitrogens with zero attached hydrogens (tertiary/aromatic N) is 2. The molecule has 1 atom stereocenters. The molecule has 3 N–H and O–H groups in total. The van der Waals surface area contributed by atoms with E-state index in [9.17, 15) is 5.11 Å². The van der Waals surface area contributed by atoms with Gasteiger partial charge in [-0.3, -0.25) is 0 Å². The van der Waals surface area contributed by atoms with Crippen LogP contribution in [0.4, 0.5) is 0 Å². The lowest BCUT2D eigenvalue weighted by molar-refractivity contribution is 0.0503. The first-order chi connectivity index (χ1) is 9.70. The SMILES string of the molecule is C=C(N[C@@H](C)C(C)(C)O)c1c[nH]c2ncc(C(C)C)nc12. The third-order valence-electron chi connectivity index (χ3n) is 3.77. The molecule has 2 aromatic heterocycles. The van der Waals surface area contributed by atoms with Gasteiger partial charge in [0.15, 0.2) is 5.65 Å². The number of H-pyrrole nitrogens is 1. The Morgan fingerprint density at radius 1 is 1.38 bits per heavy atom. The van der Waals surface area contributed by atoms with Crippen molar-refractivity contribution in [2.24, 2.45) is 0 Å². The van der Waals surface area contributed by atoms with Crippen molar-refractivity contribution in [1.29, 1.82) is 0 Å². The summed E-state index contributed by atoms with van der Waals surface area (Å²) in [5.41, 5.74) is 3.29. The summed E-state index contributed by atoms with van der Waals surface area (Å²) < 4.78 is 0. The summed E-state index contributed by atoms with van der Waals surface area (Å²) in [5, 5.41) is 13.3. The molecule has 0 unspecified atom stereocenters. The molecular weight excluding hydrogens is 264 g/mol. The molecule has 114 valence electrons. The summed E-state index contributed by atoms with van der Waals surface area (Å²) in [6.45, 7) is 13.7. The van der Waals surface area contributed by atoms with Gasteiger partial charge in [-0.15, -0.1) is 0 Å². The van der Waals surface area contributed by atoms with Crippen LogP contribution in [-0.4, -0.2) is 31.7 Å². The second-order valence-electron chi connectivity index (χ2n) is 6.35. The van der Waals surface area contributed by atoms with Gasteiger partial charge in [0.1, 0.15) is 5.52 Å². The van der Waals surface area contributed by atoms with E-state index in [4.69, 9.17) is 0 Å². The Morgan fingerprint density at radius 2 is 2.05 bits per heavy atom. The van der Waals surface area contributed by atoms with Gasteiger partial charge in [-0.25, -0.2) is 9.97 Å². The highest BCUT2D eigenvalue weighted by atomic mass is 16.3. The van der Waals surface area contributed by atoms with E-state index in [1.165, 1.54) is 0 Å². The van der Waals surface area contributed by atoms with E-state index in [2.05, 4.69) is 40.7 Å². The van der Waals surface area contributed by atoms with Gasteiger partial charge in [0, 0.05) is 17.5 Å². The normalized spacial score (nSPS) is 13.7. The summed E-state index contributed by atoms with van der Waals surface area (Å²) in [7, 11) is 0. The average Bonchev–Trinajstić information content (AvgIpc) is 2.80. The fraction of sp³-hybridized carbons (Fsp3) is 0.500. The third-order valence-corrected chi connectivity index (χ3v) is 3.77. The zero-order valence-corrected chi connectivity index (χ0v) is 13.4. The predicted molar refractivity (Wildman–Crippen MR) is 85.9 cm³/mol. The maximum absolute atomic E-state index is 10.0. The highest BCUT2D eigenvalue weighted by Gasteiger charge is 2.23. The van der Waals surface area contributed by atoms with Gasteiger partial charge < -0.3 is 15.4 Å². The molecule has 0 spiro atoms. The number of fused-ring (bicyclic) bond motifs is 1. The van der Waals surface area contributed by atoms with Gasteiger partial charge in [-0.2, -0.15) is 0 Å². The second-order valence-corrected chi connectivity index (χ2v) is 6.35. The molecule has 0 radical (unpaired) electrons. The first kappa shape index (κ1) is 15.5. The largest absolute Gasteiger partial charge is 0.388 e. The Kier molecular flexibility index (Phi) is 4.05. The van der Waals surface area contributed by atoms with Crippen LogP contribution in [0.3, 0.4) is 0 Å². The monoisotopic (exact) mass is 288 g/mol. The van der Waals surface area contributed by atoms with Crippen LogP contribution in [-0.2, 0) is 0 Å². The number of hydrogen-bond donors (Lipinski definition) is 3. The van der Waals surface area contributed by atoms with Gasteiger partial charge in [0.2, 0.25) is 0 Å². The van der Waals surface area contributed by atoms with Crippen molar-refractivity contribution >= 4 is 16.9 Å². The molecule has 0 amide bonds. The van der Waals surface area contributed by atoms with Crippen LogP contribution in [0.2, 0.25) is 0 Å². The van der Waals surface area contributed by atoms with Crippen molar-refractivity contribution in [3.63, 3.8) is 0 Å². The number of aromatic amines is 1. The fourth-order valence-corrected chi connectivity index (χ4v) is 1.93. The molecule has 0 fully saturated rings. The number of aliphatic hydroxyl groups is 1. The Hall–Kier alpha value is -1.88. The summed E-state index contributed by atoms with van der Waals surface area (Å²) in [6, 6.07) is -0.129. The lowest BCUT2D eigenvalue weighted by atomic mass is 10.0. The van der Waals surface area contributed by atoms with Crippen LogP contribution in [0, 0.1) is 0 Å². The van der Waals surface area contributed by atoms with Crippen LogP contribution >= 0.6 is 0 Å². The van der Waals surface area contributed by atoms with Crippen LogP contribution in [0.15, 0.2) is 19.0 Å². The zero-order valence-electron chi connectivity index (χ0n) is 13.4. The highest BCUT2D eigenvalue weighted by Crippen LogP contribution is 2.23. The molecule has 2 aromatic rings. The third kappa shape index (κ3) is 3.24. The van der Waals surface area contributed by atoms with E-state index in [0.29, 0.717) is 5.92 Å². The van der Waals surface area contributed by atoms with E-state index in [0.717, 1.165) is 28.1 Å². The molecule has 21 heavy (non-hydrogen) atoms. The first-order valence-electron chi connectivity index (χ1n) is 7.22. The summed E-state index contributed by atoms with van der Waals surface area (Å²) in [5.74, 6) is 0.321. The number of aromatic nitrogens is 3. The topological polar surface area (TPSA) is 73.8 Å². The Morgan fingerprint density at radius 3 is 2.62 bits per heavy atom. The van der Waals surface area contributed by atoms with Crippen molar-refractivity contribution in [2.75, 3.05) is 0 Å². The van der Waals surface area contributed by atoms with Crippen molar-refractivity contribution in [1.82, 2.24) is 20.3 Å². The zero-order chi connectivity index (χ0) is 15.8. The van der Waals surface area contributed by atoms with Gasteiger partial charge in [-0.1, -0.05) is 20.4 Å². The molecule has 0 bridgehead atoms. The molecule has 0 aromatic carbocycles. The lowest BCUT2D eigenvalue weighted by Gasteiger charge is -2.28. The van der Waals surface area contributed by atoms with E-state index < -0.39 is 5.60 Å². The van der Waals surface area contributed by atoms with E-state index in [1.54, 1.807) is 20.0 Å². The minimum absolute atomic E-state index is 0.129. The minimum Gasteiger partial charge on any atom is -0.388 e. The molecule has 5 heteroatoms. The van der Waals surface area contributed by atoms with Crippen LogP contribution in [0.5, 0.6) is 0 Å². The number of nitrogens with one attached hydrogen (secondary N) is 2. The summed E-state index contributed by atoms with van der Waals surface area (Å²) >= 11 is 0. The average molecular weight is 288 g/mol. The quantitative estimate of drug-likeness (QED) is 0.791. The molecule has 2 heterocycles. The first-order valence-corrected chi connectivity index (χ1v) is 7.22.